The maximum absolute atomic E-state index is 13.7. The van der Waals surface area contributed by atoms with Crippen LogP contribution in [0.15, 0.2) is 48.5 Å². The molecule has 0 saturated carbocycles. The fourth-order valence-corrected chi connectivity index (χ4v) is 5.27. The number of carbonyl (C=O) groups is 1. The van der Waals surface area contributed by atoms with Crippen molar-refractivity contribution in [2.75, 3.05) is 19.6 Å². The lowest BCUT2D eigenvalue weighted by Crippen LogP contribution is -2.36. The predicted molar refractivity (Wildman–Crippen MR) is 112 cm³/mol. The summed E-state index contributed by atoms with van der Waals surface area (Å²) in [6, 6.07) is 17.1. The largest absolute Gasteiger partial charge is 0.303 e. The quantitative estimate of drug-likeness (QED) is 0.641. The zero-order chi connectivity index (χ0) is 18.7. The van der Waals surface area contributed by atoms with Crippen molar-refractivity contribution in [2.24, 2.45) is 0 Å². The molecule has 1 aliphatic heterocycles. The smallest absolute Gasteiger partial charge is 0.147 e. The van der Waals surface area contributed by atoms with Crippen molar-refractivity contribution in [3.05, 3.63) is 59.7 Å². The molecule has 0 spiro atoms. The Kier molecular flexibility index (Phi) is 5.45. The summed E-state index contributed by atoms with van der Waals surface area (Å²) in [4.78, 5) is 16.2. The Hall–Kier alpha value is -1.93. The van der Waals surface area contributed by atoms with Gasteiger partial charge in [0.2, 0.25) is 0 Å². The fraction of sp³-hybridized carbons (Fsp3) is 0.480. The second kappa shape index (κ2) is 7.98. The van der Waals surface area contributed by atoms with E-state index in [1.807, 2.05) is 0 Å². The molecule has 2 aromatic carbocycles. The molecule has 27 heavy (non-hydrogen) atoms. The summed E-state index contributed by atoms with van der Waals surface area (Å²) in [5, 5.41) is 0. The number of carbonyl (C=O) groups excluding carboxylic acids is 1. The first kappa shape index (κ1) is 18.4. The van der Waals surface area contributed by atoms with Crippen LogP contribution in [0.5, 0.6) is 0 Å². The SMILES string of the molecule is CCCC1(C(=O)CCCN2CCCCC2)c2ccccc2-c2ccccc21. The van der Waals surface area contributed by atoms with Gasteiger partial charge in [-0.1, -0.05) is 68.3 Å². The van der Waals surface area contributed by atoms with E-state index in [1.54, 1.807) is 0 Å². The molecule has 2 heteroatoms. The average Bonchev–Trinajstić information content (AvgIpc) is 3.01. The Labute approximate surface area is 163 Å². The molecule has 2 aliphatic rings. The number of hydrogen-bond acceptors (Lipinski definition) is 2. The highest BCUT2D eigenvalue weighted by atomic mass is 16.1. The van der Waals surface area contributed by atoms with Gasteiger partial charge in [0.1, 0.15) is 5.78 Å². The first-order valence-corrected chi connectivity index (χ1v) is 10.7. The first-order valence-electron chi connectivity index (χ1n) is 10.7. The summed E-state index contributed by atoms with van der Waals surface area (Å²) >= 11 is 0. The van der Waals surface area contributed by atoms with E-state index in [1.165, 1.54) is 54.6 Å². The molecule has 142 valence electrons. The lowest BCUT2D eigenvalue weighted by atomic mass is 9.70. The van der Waals surface area contributed by atoms with Crippen molar-refractivity contribution in [2.45, 2.75) is 57.3 Å². The highest BCUT2D eigenvalue weighted by Gasteiger charge is 2.47. The van der Waals surface area contributed by atoms with Crippen molar-refractivity contribution in [3.8, 4) is 11.1 Å². The number of hydrogen-bond donors (Lipinski definition) is 0. The van der Waals surface area contributed by atoms with Crippen molar-refractivity contribution in [1.82, 2.24) is 4.90 Å². The number of Topliss-reactive ketones (excluding diaryl/α,β-unsaturated/α-hetero) is 1. The van der Waals surface area contributed by atoms with Crippen LogP contribution >= 0.6 is 0 Å². The lowest BCUT2D eigenvalue weighted by molar-refractivity contribution is -0.123. The van der Waals surface area contributed by atoms with Crippen LogP contribution in [0, 0.1) is 0 Å². The van der Waals surface area contributed by atoms with Gasteiger partial charge in [-0.2, -0.15) is 0 Å². The van der Waals surface area contributed by atoms with Gasteiger partial charge in [0, 0.05) is 6.42 Å². The summed E-state index contributed by atoms with van der Waals surface area (Å²) in [6.45, 7) is 5.68. The minimum absolute atomic E-state index is 0.416. The summed E-state index contributed by atoms with van der Waals surface area (Å²) < 4.78 is 0. The van der Waals surface area contributed by atoms with Crippen LogP contribution in [0.3, 0.4) is 0 Å². The Morgan fingerprint density at radius 2 is 1.52 bits per heavy atom. The zero-order valence-corrected chi connectivity index (χ0v) is 16.5. The van der Waals surface area contributed by atoms with Crippen LogP contribution in [-0.2, 0) is 10.2 Å². The molecule has 0 amide bonds. The van der Waals surface area contributed by atoms with Crippen LogP contribution in [0.1, 0.15) is 63.0 Å². The third kappa shape index (κ3) is 3.25. The minimum Gasteiger partial charge on any atom is -0.303 e. The van der Waals surface area contributed by atoms with Gasteiger partial charge < -0.3 is 4.90 Å². The van der Waals surface area contributed by atoms with Crippen LogP contribution in [0.2, 0.25) is 0 Å². The molecule has 0 atom stereocenters. The summed E-state index contributed by atoms with van der Waals surface area (Å²) in [7, 11) is 0. The van der Waals surface area contributed by atoms with E-state index < -0.39 is 5.41 Å². The van der Waals surface area contributed by atoms with Crippen molar-refractivity contribution < 1.29 is 4.79 Å². The van der Waals surface area contributed by atoms with Crippen molar-refractivity contribution in [1.29, 1.82) is 0 Å². The summed E-state index contributed by atoms with van der Waals surface area (Å²) in [5.41, 5.74) is 4.54. The molecule has 1 fully saturated rings. The topological polar surface area (TPSA) is 20.3 Å². The summed E-state index contributed by atoms with van der Waals surface area (Å²) in [5.74, 6) is 0.416. The van der Waals surface area contributed by atoms with Crippen molar-refractivity contribution >= 4 is 5.78 Å². The third-order valence-electron chi connectivity index (χ3n) is 6.49. The highest BCUT2D eigenvalue weighted by Crippen LogP contribution is 2.52. The Balaban J connectivity index is 1.61. The molecule has 2 aromatic rings. The van der Waals surface area contributed by atoms with Gasteiger partial charge in [0.05, 0.1) is 5.41 Å². The Morgan fingerprint density at radius 3 is 2.11 bits per heavy atom. The van der Waals surface area contributed by atoms with Crippen LogP contribution < -0.4 is 0 Å². The van der Waals surface area contributed by atoms with Gasteiger partial charge in [-0.15, -0.1) is 0 Å². The Morgan fingerprint density at radius 1 is 0.926 bits per heavy atom. The Bertz CT molecular complexity index is 758. The number of likely N-dealkylation sites (tertiary alicyclic amines) is 1. The number of benzene rings is 2. The van der Waals surface area contributed by atoms with E-state index in [-0.39, 0.29) is 0 Å². The van der Waals surface area contributed by atoms with Crippen LogP contribution in [0.4, 0.5) is 0 Å². The molecule has 0 aromatic heterocycles. The number of fused-ring (bicyclic) bond motifs is 3. The van der Waals surface area contributed by atoms with Gasteiger partial charge in [-0.25, -0.2) is 0 Å². The van der Waals surface area contributed by atoms with Crippen molar-refractivity contribution in [3.63, 3.8) is 0 Å². The van der Waals surface area contributed by atoms with E-state index in [0.717, 1.165) is 25.8 Å². The molecule has 2 nitrogen and oxygen atoms in total. The van der Waals surface area contributed by atoms with E-state index in [0.29, 0.717) is 12.2 Å². The molecule has 0 bridgehead atoms. The zero-order valence-electron chi connectivity index (χ0n) is 16.5. The molecule has 1 saturated heterocycles. The van der Waals surface area contributed by atoms with E-state index in [9.17, 15) is 4.79 Å². The van der Waals surface area contributed by atoms with E-state index in [4.69, 9.17) is 0 Å². The van der Waals surface area contributed by atoms with E-state index >= 15 is 0 Å². The third-order valence-corrected chi connectivity index (χ3v) is 6.49. The standard InChI is InChI=1S/C25H31NO/c1-2-16-25(24(27)15-10-19-26-17-8-3-9-18-26)22-13-6-4-11-20(22)21-12-5-7-14-23(21)25/h4-7,11-14H,2-3,8-10,15-19H2,1H3. The maximum atomic E-state index is 13.7. The van der Waals surface area contributed by atoms with Gasteiger partial charge in [0.25, 0.3) is 0 Å². The molecular formula is C25H31NO. The highest BCUT2D eigenvalue weighted by molar-refractivity contribution is 6.01. The number of ketones is 1. The van der Waals surface area contributed by atoms with Gasteiger partial charge >= 0.3 is 0 Å². The molecule has 0 N–H and O–H groups in total. The second-order valence-corrected chi connectivity index (χ2v) is 8.18. The second-order valence-electron chi connectivity index (χ2n) is 8.18. The molecule has 1 heterocycles. The number of piperidine rings is 1. The molecule has 0 radical (unpaired) electrons. The number of nitrogens with zero attached hydrogens (tertiary/aromatic N) is 1. The molecular weight excluding hydrogens is 330 g/mol. The predicted octanol–water partition coefficient (Wildman–Crippen LogP) is 5.59. The van der Waals surface area contributed by atoms with Gasteiger partial charge in [-0.3, -0.25) is 4.79 Å². The first-order chi connectivity index (χ1) is 13.3. The van der Waals surface area contributed by atoms with Crippen LogP contribution in [-0.4, -0.2) is 30.3 Å². The molecule has 0 unspecified atom stereocenters. The molecule has 1 aliphatic carbocycles. The minimum atomic E-state index is -0.441. The van der Waals surface area contributed by atoms with Crippen LogP contribution in [0.25, 0.3) is 11.1 Å². The average molecular weight is 362 g/mol. The monoisotopic (exact) mass is 361 g/mol. The summed E-state index contributed by atoms with van der Waals surface area (Å²) in [6.07, 6.45) is 7.57. The van der Waals surface area contributed by atoms with Gasteiger partial charge in [-0.05, 0) is 67.6 Å². The normalized spacial score (nSPS) is 18.1. The van der Waals surface area contributed by atoms with Gasteiger partial charge in [0.15, 0.2) is 0 Å². The lowest BCUT2D eigenvalue weighted by Gasteiger charge is -2.31. The maximum Gasteiger partial charge on any atom is 0.147 e. The number of rotatable bonds is 7. The molecule has 4 rings (SSSR count). The fourth-order valence-electron chi connectivity index (χ4n) is 5.27. The van der Waals surface area contributed by atoms with E-state index in [2.05, 4.69) is 60.4 Å².